The van der Waals surface area contributed by atoms with E-state index >= 15 is 0 Å². The molecule has 19 heavy (non-hydrogen) atoms. The minimum atomic E-state index is 0.796. The topological polar surface area (TPSA) is 28.5 Å². The maximum Gasteiger partial charge on any atom is 0.211 e. The Balaban J connectivity index is 2.13. The van der Waals surface area contributed by atoms with Gasteiger partial charge < -0.3 is 4.90 Å². The van der Waals surface area contributed by atoms with E-state index in [1.165, 1.54) is 5.56 Å². The van der Waals surface area contributed by atoms with Gasteiger partial charge in [-0.05, 0) is 31.5 Å². The zero-order valence-corrected chi connectivity index (χ0v) is 13.4. The summed E-state index contributed by atoms with van der Waals surface area (Å²) in [6.45, 7) is 6.16. The Morgan fingerprint density at radius 2 is 1.95 bits per heavy atom. The fraction of sp³-hybridized carbons (Fsp3) is 0.286. The number of aromatic nitrogens is 1. The van der Waals surface area contributed by atoms with Crippen LogP contribution in [0.1, 0.15) is 13.8 Å². The second-order valence-corrected chi connectivity index (χ2v) is 5.90. The van der Waals surface area contributed by atoms with Crippen LogP contribution in [0.5, 0.6) is 0 Å². The molecule has 0 saturated carbocycles. The lowest BCUT2D eigenvalue weighted by Gasteiger charge is -2.12. The van der Waals surface area contributed by atoms with Crippen LogP contribution in [-0.2, 0) is 0 Å². The van der Waals surface area contributed by atoms with Crippen LogP contribution in [0.25, 0.3) is 10.4 Å². The number of nitrogens with zero attached hydrogens (tertiary/aromatic N) is 3. The average Bonchev–Trinajstić information content (AvgIpc) is 2.89. The first-order chi connectivity index (χ1) is 9.22. The van der Waals surface area contributed by atoms with Gasteiger partial charge in [-0.2, -0.15) is 0 Å². The quantitative estimate of drug-likeness (QED) is 0.590. The molecule has 0 bridgehead atoms. The molecule has 0 spiro atoms. The van der Waals surface area contributed by atoms with Gasteiger partial charge in [0, 0.05) is 23.8 Å². The SMILES string of the molecule is CCN(C=Nc1ncc(-c2ccc(Br)cc2)s1)CC. The Morgan fingerprint density at radius 1 is 1.26 bits per heavy atom. The Hall–Kier alpha value is -1.20. The van der Waals surface area contributed by atoms with Crippen LogP contribution >= 0.6 is 27.3 Å². The molecule has 1 aromatic carbocycles. The van der Waals surface area contributed by atoms with Gasteiger partial charge >= 0.3 is 0 Å². The zero-order chi connectivity index (χ0) is 13.7. The van der Waals surface area contributed by atoms with Gasteiger partial charge in [-0.1, -0.05) is 39.4 Å². The van der Waals surface area contributed by atoms with Crippen molar-refractivity contribution in [1.29, 1.82) is 0 Å². The summed E-state index contributed by atoms with van der Waals surface area (Å²) >= 11 is 5.04. The Kier molecular flexibility index (Phi) is 5.10. The normalized spacial score (nSPS) is 11.1. The molecule has 0 saturated heterocycles. The Labute approximate surface area is 126 Å². The molecule has 0 aliphatic rings. The summed E-state index contributed by atoms with van der Waals surface area (Å²) in [5, 5.41) is 0.796. The largest absolute Gasteiger partial charge is 0.363 e. The fourth-order valence-corrected chi connectivity index (χ4v) is 2.62. The van der Waals surface area contributed by atoms with E-state index in [9.17, 15) is 0 Å². The average molecular weight is 338 g/mol. The van der Waals surface area contributed by atoms with Gasteiger partial charge in [0.2, 0.25) is 5.13 Å². The molecule has 0 aliphatic carbocycles. The zero-order valence-electron chi connectivity index (χ0n) is 11.0. The number of thiazole rings is 1. The van der Waals surface area contributed by atoms with E-state index in [0.717, 1.165) is 27.6 Å². The molecule has 5 heteroatoms. The van der Waals surface area contributed by atoms with E-state index in [1.54, 1.807) is 11.3 Å². The highest BCUT2D eigenvalue weighted by atomic mass is 79.9. The van der Waals surface area contributed by atoms with E-state index in [1.807, 2.05) is 24.7 Å². The highest BCUT2D eigenvalue weighted by Crippen LogP contribution is 2.31. The van der Waals surface area contributed by atoms with Crippen LogP contribution in [0.15, 0.2) is 39.9 Å². The number of aliphatic imine (C=N–C) groups is 1. The van der Waals surface area contributed by atoms with Crippen LogP contribution in [0.4, 0.5) is 5.13 Å². The predicted octanol–water partition coefficient (Wildman–Crippen LogP) is 4.57. The molecule has 0 N–H and O–H groups in total. The molecule has 2 aromatic rings. The number of halogens is 1. The molecule has 0 aliphatic heterocycles. The third-order valence-electron chi connectivity index (χ3n) is 2.77. The summed E-state index contributed by atoms with van der Waals surface area (Å²) in [6, 6.07) is 8.23. The molecular formula is C14H16BrN3S. The lowest BCUT2D eigenvalue weighted by atomic mass is 10.2. The summed E-state index contributed by atoms with van der Waals surface area (Å²) in [5.74, 6) is 0. The first-order valence-electron chi connectivity index (χ1n) is 6.23. The van der Waals surface area contributed by atoms with Crippen molar-refractivity contribution >= 4 is 38.7 Å². The molecule has 3 nitrogen and oxygen atoms in total. The summed E-state index contributed by atoms with van der Waals surface area (Å²) < 4.78 is 1.08. The van der Waals surface area contributed by atoms with Gasteiger partial charge in [0.1, 0.15) is 0 Å². The first kappa shape index (κ1) is 14.2. The van der Waals surface area contributed by atoms with Crippen molar-refractivity contribution in [2.45, 2.75) is 13.8 Å². The summed E-state index contributed by atoms with van der Waals surface area (Å²) in [4.78, 5) is 12.0. The summed E-state index contributed by atoms with van der Waals surface area (Å²) in [7, 11) is 0. The maximum atomic E-state index is 4.41. The van der Waals surface area contributed by atoms with Crippen LogP contribution in [0, 0.1) is 0 Å². The number of benzene rings is 1. The van der Waals surface area contributed by atoms with Crippen molar-refractivity contribution in [1.82, 2.24) is 9.88 Å². The van der Waals surface area contributed by atoms with Gasteiger partial charge in [-0.15, -0.1) is 0 Å². The van der Waals surface area contributed by atoms with Gasteiger partial charge in [0.25, 0.3) is 0 Å². The Morgan fingerprint density at radius 3 is 2.58 bits per heavy atom. The molecule has 0 fully saturated rings. The van der Waals surface area contributed by atoms with E-state index < -0.39 is 0 Å². The van der Waals surface area contributed by atoms with Crippen molar-refractivity contribution in [3.63, 3.8) is 0 Å². The monoisotopic (exact) mass is 337 g/mol. The van der Waals surface area contributed by atoms with Gasteiger partial charge in [0.15, 0.2) is 0 Å². The van der Waals surface area contributed by atoms with Crippen molar-refractivity contribution in [2.75, 3.05) is 13.1 Å². The molecule has 0 amide bonds. The van der Waals surface area contributed by atoms with Gasteiger partial charge in [-0.3, -0.25) is 0 Å². The fourth-order valence-electron chi connectivity index (χ4n) is 1.59. The highest BCUT2D eigenvalue weighted by molar-refractivity contribution is 9.10. The summed E-state index contributed by atoms with van der Waals surface area (Å²) in [6.07, 6.45) is 3.74. The van der Waals surface area contributed by atoms with Crippen LogP contribution in [-0.4, -0.2) is 29.3 Å². The minimum absolute atomic E-state index is 0.796. The standard InChI is InChI=1S/C14H16BrN3S/c1-3-18(4-2)10-17-14-16-9-13(19-14)11-5-7-12(15)8-6-11/h5-10H,3-4H2,1-2H3. The molecule has 0 unspecified atom stereocenters. The van der Waals surface area contributed by atoms with Gasteiger partial charge in [0.05, 0.1) is 11.2 Å². The lowest BCUT2D eigenvalue weighted by Crippen LogP contribution is -2.20. The van der Waals surface area contributed by atoms with Crippen LogP contribution in [0.3, 0.4) is 0 Å². The van der Waals surface area contributed by atoms with Crippen LogP contribution in [0.2, 0.25) is 0 Å². The van der Waals surface area contributed by atoms with E-state index in [-0.39, 0.29) is 0 Å². The Bertz CT molecular complexity index is 544. The summed E-state index contributed by atoms with van der Waals surface area (Å²) in [5.41, 5.74) is 1.17. The van der Waals surface area contributed by atoms with Crippen molar-refractivity contribution < 1.29 is 0 Å². The minimum Gasteiger partial charge on any atom is -0.363 e. The van der Waals surface area contributed by atoms with Crippen molar-refractivity contribution in [3.05, 3.63) is 34.9 Å². The van der Waals surface area contributed by atoms with Crippen LogP contribution < -0.4 is 0 Å². The number of rotatable bonds is 5. The molecular weight excluding hydrogens is 322 g/mol. The molecule has 1 aromatic heterocycles. The smallest absolute Gasteiger partial charge is 0.211 e. The maximum absolute atomic E-state index is 4.41. The third kappa shape index (κ3) is 3.88. The predicted molar refractivity (Wildman–Crippen MR) is 86.3 cm³/mol. The molecule has 100 valence electrons. The second-order valence-electron chi connectivity index (χ2n) is 3.98. The van der Waals surface area contributed by atoms with E-state index in [4.69, 9.17) is 0 Å². The second kappa shape index (κ2) is 6.82. The molecule has 0 radical (unpaired) electrons. The van der Waals surface area contributed by atoms with Crippen molar-refractivity contribution in [2.24, 2.45) is 4.99 Å². The molecule has 2 rings (SSSR count). The highest BCUT2D eigenvalue weighted by Gasteiger charge is 2.03. The molecule has 1 heterocycles. The van der Waals surface area contributed by atoms with Gasteiger partial charge in [-0.25, -0.2) is 9.98 Å². The number of hydrogen-bond donors (Lipinski definition) is 0. The van der Waals surface area contributed by atoms with E-state index in [0.29, 0.717) is 0 Å². The van der Waals surface area contributed by atoms with E-state index in [2.05, 4.69) is 56.8 Å². The third-order valence-corrected chi connectivity index (χ3v) is 4.25. The number of hydrogen-bond acceptors (Lipinski definition) is 3. The lowest BCUT2D eigenvalue weighted by molar-refractivity contribution is 0.480. The first-order valence-corrected chi connectivity index (χ1v) is 7.84. The molecule has 0 atom stereocenters. The van der Waals surface area contributed by atoms with Crippen molar-refractivity contribution in [3.8, 4) is 10.4 Å².